The van der Waals surface area contributed by atoms with Gasteiger partial charge in [-0.1, -0.05) is 18.5 Å². The normalized spacial score (nSPS) is 18.9. The number of likely N-dealkylation sites (N-methyl/N-ethyl adjacent to an activating group) is 2. The number of rotatable bonds is 5. The number of nitrogen functional groups attached to an aromatic ring is 1. The first-order valence-electron chi connectivity index (χ1n) is 7.28. The van der Waals surface area contributed by atoms with Gasteiger partial charge in [-0.2, -0.15) is 0 Å². The van der Waals surface area contributed by atoms with E-state index in [9.17, 15) is 4.79 Å². The lowest BCUT2D eigenvalue weighted by Crippen LogP contribution is -2.39. The molecule has 2 rings (SSSR count). The van der Waals surface area contributed by atoms with Crippen LogP contribution in [0, 0.1) is 0 Å². The molecule has 1 aromatic carbocycles. The molecule has 4 N–H and O–H groups in total. The molecule has 0 radical (unpaired) electrons. The van der Waals surface area contributed by atoms with Gasteiger partial charge < -0.3 is 16.4 Å². The fourth-order valence-electron chi connectivity index (χ4n) is 3.12. The number of likely N-dealkylation sites (tertiary alicyclic amines) is 1. The molecule has 1 heterocycles. The Labute approximate surface area is 130 Å². The molecule has 1 atom stereocenters. The number of hydrogen-bond acceptors (Lipinski definition) is 4. The molecule has 116 valence electrons. The first-order chi connectivity index (χ1) is 9.93. The number of nitrogens with zero attached hydrogens (tertiary/aromatic N) is 2. The van der Waals surface area contributed by atoms with Crippen molar-refractivity contribution >= 4 is 28.9 Å². The SMILES string of the molecule is CCN1CCCC1CN(C)c1c(Cl)cc(N)cc1C(N)=O. The zero-order valence-corrected chi connectivity index (χ0v) is 13.4. The second-order valence-corrected chi connectivity index (χ2v) is 5.98. The maximum Gasteiger partial charge on any atom is 0.250 e. The second-order valence-electron chi connectivity index (χ2n) is 5.57. The minimum absolute atomic E-state index is 0.378. The van der Waals surface area contributed by atoms with E-state index >= 15 is 0 Å². The van der Waals surface area contributed by atoms with Crippen LogP contribution >= 0.6 is 11.6 Å². The van der Waals surface area contributed by atoms with Crippen LogP contribution in [-0.4, -0.2) is 43.5 Å². The third-order valence-corrected chi connectivity index (χ3v) is 4.41. The number of nitrogens with two attached hydrogens (primary N) is 2. The number of amides is 1. The van der Waals surface area contributed by atoms with E-state index in [0.717, 1.165) is 26.1 Å². The minimum Gasteiger partial charge on any atom is -0.399 e. The Kier molecular flexibility index (Phi) is 4.96. The molecule has 21 heavy (non-hydrogen) atoms. The molecule has 1 aromatic rings. The molecule has 1 aliphatic rings. The monoisotopic (exact) mass is 310 g/mol. The molecule has 0 aliphatic carbocycles. The van der Waals surface area contributed by atoms with E-state index in [1.165, 1.54) is 6.42 Å². The summed E-state index contributed by atoms with van der Waals surface area (Å²) in [6.45, 7) is 5.16. The molecule has 6 heteroatoms. The average molecular weight is 311 g/mol. The van der Waals surface area contributed by atoms with Crippen molar-refractivity contribution < 1.29 is 4.79 Å². The Bertz CT molecular complexity index is 535. The minimum atomic E-state index is -0.509. The highest BCUT2D eigenvalue weighted by atomic mass is 35.5. The van der Waals surface area contributed by atoms with E-state index in [0.29, 0.717) is 28.0 Å². The van der Waals surface area contributed by atoms with Crippen molar-refractivity contribution in [2.75, 3.05) is 37.3 Å². The van der Waals surface area contributed by atoms with Crippen molar-refractivity contribution in [3.8, 4) is 0 Å². The van der Waals surface area contributed by atoms with Crippen molar-refractivity contribution in [1.29, 1.82) is 0 Å². The van der Waals surface area contributed by atoms with E-state index in [1.807, 2.05) is 11.9 Å². The summed E-state index contributed by atoms with van der Waals surface area (Å²) in [4.78, 5) is 16.1. The summed E-state index contributed by atoms with van der Waals surface area (Å²) in [6, 6.07) is 3.73. The van der Waals surface area contributed by atoms with Crippen LogP contribution in [0.15, 0.2) is 12.1 Å². The van der Waals surface area contributed by atoms with Crippen LogP contribution in [0.1, 0.15) is 30.1 Å². The number of carbonyl (C=O) groups excluding carboxylic acids is 1. The lowest BCUT2D eigenvalue weighted by atomic mass is 10.1. The Balaban J connectivity index is 2.26. The van der Waals surface area contributed by atoms with Crippen LogP contribution in [0.3, 0.4) is 0 Å². The summed E-state index contributed by atoms with van der Waals surface area (Å²) < 4.78 is 0. The topological polar surface area (TPSA) is 75.6 Å². The van der Waals surface area contributed by atoms with Crippen molar-refractivity contribution in [2.45, 2.75) is 25.8 Å². The van der Waals surface area contributed by atoms with E-state index < -0.39 is 5.91 Å². The van der Waals surface area contributed by atoms with Crippen molar-refractivity contribution in [2.24, 2.45) is 5.73 Å². The number of hydrogen-bond donors (Lipinski definition) is 2. The quantitative estimate of drug-likeness (QED) is 0.815. The lowest BCUT2D eigenvalue weighted by Gasteiger charge is -2.30. The largest absolute Gasteiger partial charge is 0.399 e. The predicted molar refractivity (Wildman–Crippen MR) is 87.9 cm³/mol. The maximum absolute atomic E-state index is 11.7. The molecule has 1 unspecified atom stereocenters. The number of carbonyl (C=O) groups is 1. The van der Waals surface area contributed by atoms with E-state index in [-0.39, 0.29) is 0 Å². The highest BCUT2D eigenvalue weighted by Gasteiger charge is 2.26. The van der Waals surface area contributed by atoms with Crippen LogP contribution in [0.25, 0.3) is 0 Å². The van der Waals surface area contributed by atoms with Gasteiger partial charge in [-0.25, -0.2) is 0 Å². The van der Waals surface area contributed by atoms with Crippen LogP contribution in [-0.2, 0) is 0 Å². The third-order valence-electron chi connectivity index (χ3n) is 4.12. The Morgan fingerprint density at radius 3 is 2.86 bits per heavy atom. The lowest BCUT2D eigenvalue weighted by molar-refractivity contribution is 0.100. The number of anilines is 2. The molecular weight excluding hydrogens is 288 g/mol. The second kappa shape index (κ2) is 6.54. The molecule has 1 fully saturated rings. The Hall–Kier alpha value is -1.46. The van der Waals surface area contributed by atoms with Crippen LogP contribution in [0.4, 0.5) is 11.4 Å². The molecule has 1 aliphatic heterocycles. The molecule has 0 saturated carbocycles. The van der Waals surface area contributed by atoms with Crippen molar-refractivity contribution in [3.05, 3.63) is 22.7 Å². The zero-order chi connectivity index (χ0) is 15.6. The van der Waals surface area contributed by atoms with Gasteiger partial charge in [0.25, 0.3) is 5.91 Å². The van der Waals surface area contributed by atoms with Gasteiger partial charge in [-0.05, 0) is 38.1 Å². The van der Waals surface area contributed by atoms with Crippen LogP contribution in [0.5, 0.6) is 0 Å². The fourth-order valence-corrected chi connectivity index (χ4v) is 3.49. The number of halogens is 1. The average Bonchev–Trinajstić information content (AvgIpc) is 2.84. The maximum atomic E-state index is 11.7. The highest BCUT2D eigenvalue weighted by molar-refractivity contribution is 6.34. The van der Waals surface area contributed by atoms with Gasteiger partial charge >= 0.3 is 0 Å². The standard InChI is InChI=1S/C15H23ClN4O/c1-3-20-6-4-5-11(20)9-19(2)14-12(15(18)21)7-10(17)8-13(14)16/h7-8,11H,3-6,9,17H2,1-2H3,(H2,18,21). The Morgan fingerprint density at radius 2 is 2.24 bits per heavy atom. The Morgan fingerprint density at radius 1 is 1.52 bits per heavy atom. The fraction of sp³-hybridized carbons (Fsp3) is 0.533. The molecule has 0 bridgehead atoms. The van der Waals surface area contributed by atoms with Gasteiger partial charge in [0.15, 0.2) is 0 Å². The van der Waals surface area contributed by atoms with E-state index in [4.69, 9.17) is 23.1 Å². The van der Waals surface area contributed by atoms with Gasteiger partial charge in [0, 0.05) is 25.3 Å². The van der Waals surface area contributed by atoms with E-state index in [1.54, 1.807) is 12.1 Å². The summed E-state index contributed by atoms with van der Waals surface area (Å²) in [5.74, 6) is -0.509. The third kappa shape index (κ3) is 3.41. The highest BCUT2D eigenvalue weighted by Crippen LogP contribution is 2.32. The molecular formula is C15H23ClN4O. The van der Waals surface area contributed by atoms with Gasteiger partial charge in [0.1, 0.15) is 0 Å². The van der Waals surface area contributed by atoms with Gasteiger partial charge in [0.05, 0.1) is 16.3 Å². The molecule has 0 aromatic heterocycles. The van der Waals surface area contributed by atoms with Crippen LogP contribution < -0.4 is 16.4 Å². The molecule has 1 saturated heterocycles. The van der Waals surface area contributed by atoms with Gasteiger partial charge in [0.2, 0.25) is 0 Å². The summed E-state index contributed by atoms with van der Waals surface area (Å²) in [5, 5.41) is 0.465. The van der Waals surface area contributed by atoms with Crippen molar-refractivity contribution in [3.63, 3.8) is 0 Å². The first kappa shape index (κ1) is 15.9. The van der Waals surface area contributed by atoms with E-state index in [2.05, 4.69) is 11.8 Å². The summed E-state index contributed by atoms with van der Waals surface area (Å²) in [7, 11) is 1.94. The first-order valence-corrected chi connectivity index (χ1v) is 7.65. The van der Waals surface area contributed by atoms with Gasteiger partial charge in [-0.15, -0.1) is 0 Å². The number of primary amides is 1. The summed E-state index contributed by atoms with van der Waals surface area (Å²) in [5.41, 5.74) is 12.7. The smallest absolute Gasteiger partial charge is 0.250 e. The zero-order valence-electron chi connectivity index (χ0n) is 12.6. The molecule has 5 nitrogen and oxygen atoms in total. The summed E-state index contributed by atoms with van der Waals surface area (Å²) in [6.07, 6.45) is 2.38. The van der Waals surface area contributed by atoms with Gasteiger partial charge in [-0.3, -0.25) is 9.69 Å². The number of benzene rings is 1. The van der Waals surface area contributed by atoms with Crippen molar-refractivity contribution in [1.82, 2.24) is 4.90 Å². The molecule has 0 spiro atoms. The molecule has 1 amide bonds. The predicted octanol–water partition coefficient (Wildman–Crippen LogP) is 1.94. The van der Waals surface area contributed by atoms with Crippen LogP contribution in [0.2, 0.25) is 5.02 Å². The summed E-state index contributed by atoms with van der Waals surface area (Å²) >= 11 is 6.29.